The number of hydrogen-bond donors (Lipinski definition) is 1. The van der Waals surface area contributed by atoms with Crippen molar-refractivity contribution in [3.63, 3.8) is 0 Å². The van der Waals surface area contributed by atoms with Crippen LogP contribution in [0.3, 0.4) is 0 Å². The summed E-state index contributed by atoms with van der Waals surface area (Å²) in [6.45, 7) is 3.58. The topological polar surface area (TPSA) is 96.0 Å². The average molecular weight is 479 g/mol. The van der Waals surface area contributed by atoms with Gasteiger partial charge in [-0.25, -0.2) is 4.68 Å². The Morgan fingerprint density at radius 3 is 2.38 bits per heavy atom. The molecule has 0 saturated carbocycles. The molecular weight excluding hydrogens is 452 g/mol. The molecule has 1 N–H and O–H groups in total. The molecule has 2 aromatic carbocycles. The summed E-state index contributed by atoms with van der Waals surface area (Å²) in [6.07, 6.45) is 0. The van der Waals surface area contributed by atoms with Gasteiger partial charge in [0.15, 0.2) is 11.0 Å². The van der Waals surface area contributed by atoms with Gasteiger partial charge in [-0.15, -0.1) is 10.2 Å². The van der Waals surface area contributed by atoms with Crippen LogP contribution in [0.4, 0.5) is 5.69 Å². The number of nitrogens with one attached hydrogen (secondary N) is 1. The molecule has 0 aliphatic rings. The molecule has 4 rings (SSSR count). The standard InChI is InChI=1S/C24H26N6O3S/c1-15-20(23(32)30(29(15)4)18-9-7-6-8-10-18)25-22(31)16(2)34-24-27-26-21(28(24)3)17-11-13-19(33-5)14-12-17/h6-14,16H,1-5H3,(H,25,31). The average Bonchev–Trinajstić information content (AvgIpc) is 3.31. The number of amides is 1. The molecule has 1 amide bonds. The van der Waals surface area contributed by atoms with Gasteiger partial charge in [0.25, 0.3) is 5.56 Å². The molecule has 4 aromatic rings. The third-order valence-electron chi connectivity index (χ3n) is 5.64. The Hall–Kier alpha value is -3.79. The lowest BCUT2D eigenvalue weighted by atomic mass is 10.2. The largest absolute Gasteiger partial charge is 0.497 e. The first-order valence-electron chi connectivity index (χ1n) is 10.7. The van der Waals surface area contributed by atoms with Crippen molar-refractivity contribution in [2.24, 2.45) is 14.1 Å². The number of thioether (sulfide) groups is 1. The summed E-state index contributed by atoms with van der Waals surface area (Å²) in [7, 11) is 5.26. The Balaban J connectivity index is 1.51. The number of ether oxygens (including phenoxy) is 1. The maximum Gasteiger partial charge on any atom is 0.295 e. The molecule has 0 bridgehead atoms. The Kier molecular flexibility index (Phi) is 6.60. The number of hydrogen-bond acceptors (Lipinski definition) is 6. The molecule has 1 atom stereocenters. The molecule has 10 heteroatoms. The lowest BCUT2D eigenvalue weighted by Gasteiger charge is -2.11. The number of carbonyl (C=O) groups is 1. The zero-order chi connectivity index (χ0) is 24.4. The molecule has 0 radical (unpaired) electrons. The summed E-state index contributed by atoms with van der Waals surface area (Å²) in [4.78, 5) is 26.0. The predicted molar refractivity (Wildman–Crippen MR) is 133 cm³/mol. The van der Waals surface area contributed by atoms with Gasteiger partial charge in [-0.2, -0.15) is 0 Å². The molecule has 2 aromatic heterocycles. The molecular formula is C24H26N6O3S. The minimum absolute atomic E-state index is 0.265. The molecule has 2 heterocycles. The minimum Gasteiger partial charge on any atom is -0.497 e. The highest BCUT2D eigenvalue weighted by Crippen LogP contribution is 2.27. The van der Waals surface area contributed by atoms with E-state index >= 15 is 0 Å². The van der Waals surface area contributed by atoms with Gasteiger partial charge < -0.3 is 14.6 Å². The van der Waals surface area contributed by atoms with Crippen LogP contribution in [-0.4, -0.2) is 42.4 Å². The van der Waals surface area contributed by atoms with Gasteiger partial charge in [-0.3, -0.25) is 14.3 Å². The predicted octanol–water partition coefficient (Wildman–Crippen LogP) is 3.41. The Morgan fingerprint density at radius 2 is 1.74 bits per heavy atom. The van der Waals surface area contributed by atoms with Gasteiger partial charge in [-0.1, -0.05) is 30.0 Å². The number of nitrogens with zero attached hydrogens (tertiary/aromatic N) is 5. The van der Waals surface area contributed by atoms with E-state index in [1.165, 1.54) is 16.4 Å². The maximum absolute atomic E-state index is 13.1. The van der Waals surface area contributed by atoms with Gasteiger partial charge in [-0.05, 0) is 50.2 Å². The van der Waals surface area contributed by atoms with Crippen molar-refractivity contribution in [3.8, 4) is 22.8 Å². The summed E-state index contributed by atoms with van der Waals surface area (Å²) in [5.41, 5.74) is 2.27. The van der Waals surface area contributed by atoms with E-state index in [9.17, 15) is 9.59 Å². The third-order valence-corrected chi connectivity index (χ3v) is 6.77. The van der Waals surface area contributed by atoms with E-state index in [0.717, 1.165) is 17.0 Å². The fourth-order valence-corrected chi connectivity index (χ4v) is 4.37. The lowest BCUT2D eigenvalue weighted by Crippen LogP contribution is -2.27. The van der Waals surface area contributed by atoms with Crippen LogP contribution >= 0.6 is 11.8 Å². The molecule has 0 aliphatic heterocycles. The number of methoxy groups -OCH3 is 1. The number of para-hydroxylation sites is 1. The second kappa shape index (κ2) is 9.60. The van der Waals surface area contributed by atoms with E-state index in [1.807, 2.05) is 66.2 Å². The highest BCUT2D eigenvalue weighted by molar-refractivity contribution is 8.00. The number of benzene rings is 2. The van der Waals surface area contributed by atoms with E-state index in [0.29, 0.717) is 16.7 Å². The number of aromatic nitrogens is 5. The first kappa shape index (κ1) is 23.4. The molecule has 1 unspecified atom stereocenters. The van der Waals surface area contributed by atoms with Crippen LogP contribution in [0.1, 0.15) is 12.6 Å². The molecule has 0 spiro atoms. The van der Waals surface area contributed by atoms with E-state index in [4.69, 9.17) is 4.74 Å². The van der Waals surface area contributed by atoms with E-state index in [2.05, 4.69) is 15.5 Å². The van der Waals surface area contributed by atoms with Crippen LogP contribution in [-0.2, 0) is 18.9 Å². The van der Waals surface area contributed by atoms with Gasteiger partial charge >= 0.3 is 0 Å². The van der Waals surface area contributed by atoms with E-state index in [1.54, 1.807) is 32.7 Å². The van der Waals surface area contributed by atoms with Gasteiger partial charge in [0.05, 0.1) is 23.7 Å². The zero-order valence-electron chi connectivity index (χ0n) is 19.6. The third kappa shape index (κ3) is 4.36. The van der Waals surface area contributed by atoms with Crippen LogP contribution in [0.5, 0.6) is 5.75 Å². The zero-order valence-corrected chi connectivity index (χ0v) is 20.5. The summed E-state index contributed by atoms with van der Waals surface area (Å²) in [5, 5.41) is 11.4. The van der Waals surface area contributed by atoms with Gasteiger partial charge in [0.2, 0.25) is 5.91 Å². The SMILES string of the molecule is COc1ccc(-c2nnc(SC(C)C(=O)Nc3c(C)n(C)n(-c4ccccc4)c3=O)n2C)cc1. The fourth-order valence-electron chi connectivity index (χ4n) is 3.56. The second-order valence-electron chi connectivity index (χ2n) is 7.78. The van der Waals surface area contributed by atoms with Crippen LogP contribution in [0.15, 0.2) is 64.5 Å². The second-order valence-corrected chi connectivity index (χ2v) is 9.09. The first-order chi connectivity index (χ1) is 16.3. The van der Waals surface area contributed by atoms with Crippen molar-refractivity contribution in [1.29, 1.82) is 0 Å². The van der Waals surface area contributed by atoms with E-state index in [-0.39, 0.29) is 17.2 Å². The van der Waals surface area contributed by atoms with Crippen molar-refractivity contribution in [2.45, 2.75) is 24.3 Å². The summed E-state index contributed by atoms with van der Waals surface area (Å²) >= 11 is 1.28. The molecule has 9 nitrogen and oxygen atoms in total. The molecule has 0 aliphatic carbocycles. The van der Waals surface area contributed by atoms with Crippen LogP contribution in [0, 0.1) is 6.92 Å². The fraction of sp³-hybridized carbons (Fsp3) is 0.250. The monoisotopic (exact) mass is 478 g/mol. The Labute approximate surface area is 201 Å². The Morgan fingerprint density at radius 1 is 1.06 bits per heavy atom. The van der Waals surface area contributed by atoms with Crippen LogP contribution < -0.4 is 15.6 Å². The highest BCUT2D eigenvalue weighted by atomic mass is 32.2. The number of anilines is 1. The van der Waals surface area contributed by atoms with Crippen LogP contribution in [0.25, 0.3) is 17.1 Å². The van der Waals surface area contributed by atoms with Crippen molar-refractivity contribution < 1.29 is 9.53 Å². The van der Waals surface area contributed by atoms with Crippen LogP contribution in [0.2, 0.25) is 0 Å². The lowest BCUT2D eigenvalue weighted by molar-refractivity contribution is -0.115. The van der Waals surface area contributed by atoms with Gasteiger partial charge in [0, 0.05) is 19.7 Å². The number of carbonyl (C=O) groups excluding carboxylic acids is 1. The van der Waals surface area contributed by atoms with Gasteiger partial charge in [0.1, 0.15) is 11.4 Å². The molecule has 176 valence electrons. The van der Waals surface area contributed by atoms with Crippen molar-refractivity contribution in [1.82, 2.24) is 24.1 Å². The normalized spacial score (nSPS) is 11.9. The molecule has 0 fully saturated rings. The Bertz CT molecular complexity index is 1370. The van der Waals surface area contributed by atoms with Crippen molar-refractivity contribution >= 4 is 23.4 Å². The number of rotatable bonds is 7. The highest BCUT2D eigenvalue weighted by Gasteiger charge is 2.23. The minimum atomic E-state index is -0.504. The van der Waals surface area contributed by atoms with E-state index < -0.39 is 5.25 Å². The molecule has 34 heavy (non-hydrogen) atoms. The van der Waals surface area contributed by atoms with Crippen molar-refractivity contribution in [2.75, 3.05) is 12.4 Å². The van der Waals surface area contributed by atoms with Crippen molar-refractivity contribution in [3.05, 3.63) is 70.6 Å². The smallest absolute Gasteiger partial charge is 0.295 e. The first-order valence-corrected chi connectivity index (χ1v) is 11.5. The maximum atomic E-state index is 13.1. The summed E-state index contributed by atoms with van der Waals surface area (Å²) < 4.78 is 10.3. The quantitative estimate of drug-likeness (QED) is 0.409. The summed E-state index contributed by atoms with van der Waals surface area (Å²) in [5.74, 6) is 1.15. The molecule has 0 saturated heterocycles. The summed E-state index contributed by atoms with van der Waals surface area (Å²) in [6, 6.07) is 16.8.